The van der Waals surface area contributed by atoms with E-state index in [4.69, 9.17) is 10.5 Å². The summed E-state index contributed by atoms with van der Waals surface area (Å²) >= 11 is 3.36. The molecule has 1 aromatic carbocycles. The van der Waals surface area contributed by atoms with Crippen molar-refractivity contribution in [3.05, 3.63) is 35.1 Å². The van der Waals surface area contributed by atoms with E-state index in [0.717, 1.165) is 4.47 Å². The third-order valence-electron chi connectivity index (χ3n) is 2.21. The quantitative estimate of drug-likeness (QED) is 0.842. The topological polar surface area (TPSA) is 76.3 Å². The summed E-state index contributed by atoms with van der Waals surface area (Å²) in [5.41, 5.74) is 9.30. The van der Waals surface area contributed by atoms with Gasteiger partial charge in [0.25, 0.3) is 0 Å². The summed E-state index contributed by atoms with van der Waals surface area (Å²) in [5, 5.41) is 1.74. The second-order valence-electron chi connectivity index (χ2n) is 4.00. The van der Waals surface area contributed by atoms with Gasteiger partial charge in [-0.15, -0.1) is 0 Å². The van der Waals surface area contributed by atoms with Gasteiger partial charge in [-0.25, -0.2) is 9.99 Å². The van der Waals surface area contributed by atoms with Gasteiger partial charge in [0.05, 0.1) is 0 Å². The number of nitrogens with one attached hydrogen (secondary N) is 1. The fourth-order valence-corrected chi connectivity index (χ4v) is 1.64. The Morgan fingerprint density at radius 3 is 2.53 bits per heavy atom. The van der Waals surface area contributed by atoms with Crippen molar-refractivity contribution < 1.29 is 4.74 Å². The maximum atomic E-state index is 5.96. The van der Waals surface area contributed by atoms with Gasteiger partial charge < -0.3 is 15.9 Å². The second-order valence-corrected chi connectivity index (χ2v) is 4.92. The monoisotopic (exact) mass is 323 g/mol. The van der Waals surface area contributed by atoms with Gasteiger partial charge in [0, 0.05) is 18.6 Å². The lowest BCUT2D eigenvalue weighted by atomic mass is 10.3. The third kappa shape index (κ3) is 3.55. The minimum atomic E-state index is 0.321. The third-order valence-corrected chi connectivity index (χ3v) is 2.73. The summed E-state index contributed by atoms with van der Waals surface area (Å²) in [6.45, 7) is 0. The number of ether oxygens (including phenoxy) is 1. The van der Waals surface area contributed by atoms with Gasteiger partial charge >= 0.3 is 0 Å². The lowest BCUT2D eigenvalue weighted by Gasteiger charge is -2.15. The van der Waals surface area contributed by atoms with E-state index in [-0.39, 0.29) is 0 Å². The van der Waals surface area contributed by atoms with Crippen LogP contribution in [0.15, 0.2) is 35.1 Å². The number of nitrogens with two attached hydrogens (primary N) is 1. The molecule has 0 aliphatic carbocycles. The van der Waals surface area contributed by atoms with Crippen molar-refractivity contribution in [2.24, 2.45) is 0 Å². The van der Waals surface area contributed by atoms with Gasteiger partial charge in [0.1, 0.15) is 17.8 Å². The van der Waals surface area contributed by atoms with E-state index in [1.807, 2.05) is 38.4 Å². The summed E-state index contributed by atoms with van der Waals surface area (Å²) in [6, 6.07) is 7.41. The largest absolute Gasteiger partial charge is 0.437 e. The normalized spacial score (nSPS) is 10.5. The molecule has 0 aliphatic heterocycles. The molecule has 19 heavy (non-hydrogen) atoms. The first-order valence-electron chi connectivity index (χ1n) is 5.54. The van der Waals surface area contributed by atoms with Crippen molar-refractivity contribution in [2.45, 2.75) is 0 Å². The van der Waals surface area contributed by atoms with Gasteiger partial charge in [-0.3, -0.25) is 0 Å². The van der Waals surface area contributed by atoms with E-state index in [1.54, 1.807) is 5.01 Å². The molecular weight excluding hydrogens is 310 g/mol. The number of nitrogens with zero attached hydrogens (tertiary/aromatic N) is 3. The fraction of sp³-hybridized carbons (Fsp3) is 0.167. The highest BCUT2D eigenvalue weighted by molar-refractivity contribution is 9.10. The molecule has 100 valence electrons. The van der Waals surface area contributed by atoms with Crippen LogP contribution < -0.4 is 15.9 Å². The van der Waals surface area contributed by atoms with Gasteiger partial charge in [-0.05, 0) is 24.3 Å². The Bertz CT molecular complexity index is 559. The Kier molecular flexibility index (Phi) is 4.18. The van der Waals surface area contributed by atoms with Crippen molar-refractivity contribution in [3.63, 3.8) is 0 Å². The average molecular weight is 324 g/mol. The molecule has 1 heterocycles. The highest BCUT2D eigenvalue weighted by Crippen LogP contribution is 2.29. The van der Waals surface area contributed by atoms with Crippen LogP contribution in [0.2, 0.25) is 0 Å². The van der Waals surface area contributed by atoms with Crippen LogP contribution in [-0.2, 0) is 0 Å². The van der Waals surface area contributed by atoms with Crippen LogP contribution in [0, 0.1) is 0 Å². The number of hydrogen-bond acceptors (Lipinski definition) is 6. The molecule has 0 bridgehead atoms. The molecule has 0 radical (unpaired) electrons. The van der Waals surface area contributed by atoms with Crippen LogP contribution in [0.25, 0.3) is 0 Å². The summed E-state index contributed by atoms with van der Waals surface area (Å²) in [7, 11) is 3.69. The van der Waals surface area contributed by atoms with Crippen molar-refractivity contribution in [3.8, 4) is 11.6 Å². The first-order valence-corrected chi connectivity index (χ1v) is 6.33. The lowest BCUT2D eigenvalue weighted by Crippen LogP contribution is -2.21. The van der Waals surface area contributed by atoms with Crippen LogP contribution in [0.5, 0.6) is 11.6 Å². The molecule has 6 nitrogen and oxygen atoms in total. The molecule has 0 atom stereocenters. The zero-order valence-corrected chi connectivity index (χ0v) is 12.2. The number of aromatic nitrogens is 2. The van der Waals surface area contributed by atoms with E-state index in [9.17, 15) is 0 Å². The van der Waals surface area contributed by atoms with Crippen molar-refractivity contribution in [1.29, 1.82) is 0 Å². The van der Waals surface area contributed by atoms with Crippen molar-refractivity contribution in [1.82, 2.24) is 15.0 Å². The number of nitrogen functional groups attached to an aromatic ring is 1. The maximum Gasteiger partial charge on any atom is 0.248 e. The molecule has 0 amide bonds. The number of hydrazine groups is 1. The Hall–Kier alpha value is -1.86. The van der Waals surface area contributed by atoms with Gasteiger partial charge in [-0.1, -0.05) is 15.9 Å². The molecule has 1 aromatic heterocycles. The summed E-state index contributed by atoms with van der Waals surface area (Å²) in [6.07, 6.45) is 1.40. The standard InChI is InChI=1S/C12H14BrN5O/c1-18(2)17-11-10(14)12(16-7-15-11)19-9-5-3-8(13)4-6-9/h3-7H,14H2,1-2H3,(H,15,16,17). The van der Waals surface area contributed by atoms with E-state index >= 15 is 0 Å². The minimum Gasteiger partial charge on any atom is -0.437 e. The Morgan fingerprint density at radius 2 is 1.89 bits per heavy atom. The number of benzene rings is 1. The smallest absolute Gasteiger partial charge is 0.248 e. The van der Waals surface area contributed by atoms with Gasteiger partial charge in [0.15, 0.2) is 5.82 Å². The zero-order chi connectivity index (χ0) is 13.8. The van der Waals surface area contributed by atoms with Crippen LogP contribution >= 0.6 is 15.9 Å². The molecule has 2 aromatic rings. The van der Waals surface area contributed by atoms with Crippen LogP contribution in [0.3, 0.4) is 0 Å². The number of halogens is 1. The summed E-state index contributed by atoms with van der Waals surface area (Å²) in [4.78, 5) is 8.09. The molecule has 0 saturated heterocycles. The zero-order valence-electron chi connectivity index (χ0n) is 10.6. The molecule has 0 aliphatic rings. The van der Waals surface area contributed by atoms with Crippen LogP contribution in [0.1, 0.15) is 0 Å². The highest BCUT2D eigenvalue weighted by Gasteiger charge is 2.10. The Morgan fingerprint density at radius 1 is 1.21 bits per heavy atom. The van der Waals surface area contributed by atoms with Crippen molar-refractivity contribution >= 4 is 27.4 Å². The molecule has 2 rings (SSSR count). The SMILES string of the molecule is CN(C)Nc1ncnc(Oc2ccc(Br)cc2)c1N. The molecule has 0 unspecified atom stereocenters. The van der Waals surface area contributed by atoms with Crippen LogP contribution in [0.4, 0.5) is 11.5 Å². The van der Waals surface area contributed by atoms with Crippen molar-refractivity contribution in [2.75, 3.05) is 25.3 Å². The predicted molar refractivity (Wildman–Crippen MR) is 78.0 cm³/mol. The second kappa shape index (κ2) is 5.85. The first kappa shape index (κ1) is 13.6. The highest BCUT2D eigenvalue weighted by atomic mass is 79.9. The number of rotatable bonds is 4. The van der Waals surface area contributed by atoms with Gasteiger partial charge in [-0.2, -0.15) is 4.98 Å². The minimum absolute atomic E-state index is 0.321. The predicted octanol–water partition coefficient (Wildman–Crippen LogP) is 2.50. The number of hydrogen-bond donors (Lipinski definition) is 2. The lowest BCUT2D eigenvalue weighted by molar-refractivity contribution is 0.461. The summed E-state index contributed by atoms with van der Waals surface area (Å²) in [5.74, 6) is 1.48. The molecule has 3 N–H and O–H groups in total. The Balaban J connectivity index is 2.23. The average Bonchev–Trinajstić information content (AvgIpc) is 2.36. The van der Waals surface area contributed by atoms with Gasteiger partial charge in [0.2, 0.25) is 5.88 Å². The van der Waals surface area contributed by atoms with Crippen LogP contribution in [-0.4, -0.2) is 29.1 Å². The molecule has 0 fully saturated rings. The Labute approximate surface area is 119 Å². The van der Waals surface area contributed by atoms with E-state index in [0.29, 0.717) is 23.1 Å². The van der Waals surface area contributed by atoms with E-state index in [1.165, 1.54) is 6.33 Å². The maximum absolute atomic E-state index is 5.96. The van der Waals surface area contributed by atoms with E-state index < -0.39 is 0 Å². The molecular formula is C12H14BrN5O. The molecule has 0 spiro atoms. The summed E-state index contributed by atoms with van der Waals surface area (Å²) < 4.78 is 6.61. The first-order chi connectivity index (χ1) is 9.06. The molecule has 0 saturated carbocycles. The van der Waals surface area contributed by atoms with E-state index in [2.05, 4.69) is 31.3 Å². The number of anilines is 2. The fourth-order valence-electron chi connectivity index (χ4n) is 1.38. The molecule has 7 heteroatoms.